The first-order valence-corrected chi connectivity index (χ1v) is 9.36. The van der Waals surface area contributed by atoms with Crippen LogP contribution in [0.5, 0.6) is 0 Å². The van der Waals surface area contributed by atoms with Crippen molar-refractivity contribution in [1.29, 1.82) is 0 Å². The molecule has 0 spiro atoms. The Kier molecular flexibility index (Phi) is 5.35. The van der Waals surface area contributed by atoms with E-state index in [2.05, 4.69) is 27.3 Å². The van der Waals surface area contributed by atoms with Gasteiger partial charge in [-0.05, 0) is 58.6 Å². The van der Waals surface area contributed by atoms with E-state index >= 15 is 0 Å². The van der Waals surface area contributed by atoms with Gasteiger partial charge in [0.2, 0.25) is 0 Å². The van der Waals surface area contributed by atoms with Crippen LogP contribution < -0.4 is 10.2 Å². The van der Waals surface area contributed by atoms with Crippen molar-refractivity contribution in [2.24, 2.45) is 0 Å². The number of carbonyl (C=O) groups excluding carboxylic acids is 1. The SMILES string of the molecule is CC(C)(C)OC(=O)N1CCC(Nc2ccc(N3CCCC3)nc2)CC1. The van der Waals surface area contributed by atoms with E-state index in [9.17, 15) is 4.79 Å². The maximum Gasteiger partial charge on any atom is 0.410 e. The van der Waals surface area contributed by atoms with Crippen LogP contribution >= 0.6 is 0 Å². The molecular formula is C19H30N4O2. The minimum atomic E-state index is -0.436. The number of hydrogen-bond acceptors (Lipinski definition) is 5. The molecule has 1 amide bonds. The van der Waals surface area contributed by atoms with Crippen molar-refractivity contribution in [2.45, 2.75) is 58.1 Å². The zero-order valence-corrected chi connectivity index (χ0v) is 15.6. The van der Waals surface area contributed by atoms with E-state index in [0.717, 1.165) is 50.5 Å². The van der Waals surface area contributed by atoms with E-state index in [0.29, 0.717) is 6.04 Å². The molecule has 1 aromatic heterocycles. The molecule has 0 bridgehead atoms. The molecule has 2 aliphatic rings. The number of amides is 1. The van der Waals surface area contributed by atoms with Gasteiger partial charge in [0.25, 0.3) is 0 Å². The van der Waals surface area contributed by atoms with E-state index in [-0.39, 0.29) is 6.09 Å². The summed E-state index contributed by atoms with van der Waals surface area (Å²) >= 11 is 0. The zero-order valence-electron chi connectivity index (χ0n) is 15.6. The summed E-state index contributed by atoms with van der Waals surface area (Å²) in [4.78, 5) is 20.8. The molecule has 2 saturated heterocycles. The van der Waals surface area contributed by atoms with Crippen LogP contribution in [0.2, 0.25) is 0 Å². The van der Waals surface area contributed by atoms with Crippen molar-refractivity contribution in [1.82, 2.24) is 9.88 Å². The van der Waals surface area contributed by atoms with E-state index in [1.165, 1.54) is 12.8 Å². The molecular weight excluding hydrogens is 316 g/mol. The van der Waals surface area contributed by atoms with Gasteiger partial charge in [-0.15, -0.1) is 0 Å². The number of nitrogens with one attached hydrogen (secondary N) is 1. The second kappa shape index (κ2) is 7.50. The summed E-state index contributed by atoms with van der Waals surface area (Å²) in [7, 11) is 0. The van der Waals surface area contributed by atoms with E-state index in [1.807, 2.05) is 27.0 Å². The maximum absolute atomic E-state index is 12.1. The van der Waals surface area contributed by atoms with Gasteiger partial charge >= 0.3 is 6.09 Å². The number of pyridine rings is 1. The number of anilines is 2. The molecule has 138 valence electrons. The lowest BCUT2D eigenvalue weighted by atomic mass is 10.1. The van der Waals surface area contributed by atoms with Gasteiger partial charge in [0, 0.05) is 32.2 Å². The van der Waals surface area contributed by atoms with Crippen molar-refractivity contribution in [3.8, 4) is 0 Å². The fourth-order valence-electron chi connectivity index (χ4n) is 3.37. The van der Waals surface area contributed by atoms with Gasteiger partial charge < -0.3 is 19.9 Å². The second-order valence-electron chi connectivity index (χ2n) is 7.99. The molecule has 0 saturated carbocycles. The number of nitrogens with zero attached hydrogens (tertiary/aromatic N) is 3. The smallest absolute Gasteiger partial charge is 0.410 e. The van der Waals surface area contributed by atoms with Gasteiger partial charge in [0.15, 0.2) is 0 Å². The van der Waals surface area contributed by atoms with Crippen molar-refractivity contribution in [3.63, 3.8) is 0 Å². The number of hydrogen-bond donors (Lipinski definition) is 1. The molecule has 6 heteroatoms. The molecule has 1 N–H and O–H groups in total. The Balaban J connectivity index is 1.46. The third-order valence-electron chi connectivity index (χ3n) is 4.70. The van der Waals surface area contributed by atoms with Crippen LogP contribution in [0.15, 0.2) is 18.3 Å². The first kappa shape index (κ1) is 17.8. The summed E-state index contributed by atoms with van der Waals surface area (Å²) in [5.74, 6) is 1.07. The fraction of sp³-hybridized carbons (Fsp3) is 0.684. The molecule has 25 heavy (non-hydrogen) atoms. The molecule has 0 aliphatic carbocycles. The number of piperidine rings is 1. The van der Waals surface area contributed by atoms with Crippen molar-refractivity contribution in [2.75, 3.05) is 36.4 Å². The van der Waals surface area contributed by atoms with Gasteiger partial charge in [0.05, 0.1) is 11.9 Å². The van der Waals surface area contributed by atoms with Crippen LogP contribution in [-0.4, -0.2) is 53.8 Å². The Morgan fingerprint density at radius 3 is 2.40 bits per heavy atom. The van der Waals surface area contributed by atoms with Crippen LogP contribution in [0.4, 0.5) is 16.3 Å². The third-order valence-corrected chi connectivity index (χ3v) is 4.70. The molecule has 0 atom stereocenters. The van der Waals surface area contributed by atoms with Crippen LogP contribution in [0.25, 0.3) is 0 Å². The van der Waals surface area contributed by atoms with Crippen LogP contribution in [0, 0.1) is 0 Å². The summed E-state index contributed by atoms with van der Waals surface area (Å²) in [5.41, 5.74) is 0.619. The molecule has 3 heterocycles. The predicted molar refractivity (Wildman–Crippen MR) is 100 cm³/mol. The zero-order chi connectivity index (χ0) is 17.9. The van der Waals surface area contributed by atoms with E-state index < -0.39 is 5.60 Å². The summed E-state index contributed by atoms with van der Waals surface area (Å²) in [6, 6.07) is 4.59. The van der Waals surface area contributed by atoms with Crippen LogP contribution in [0.1, 0.15) is 46.5 Å². The van der Waals surface area contributed by atoms with Gasteiger partial charge in [-0.25, -0.2) is 9.78 Å². The average Bonchev–Trinajstić information content (AvgIpc) is 3.09. The molecule has 6 nitrogen and oxygen atoms in total. The van der Waals surface area contributed by atoms with Gasteiger partial charge in [-0.1, -0.05) is 0 Å². The van der Waals surface area contributed by atoms with Crippen molar-refractivity contribution >= 4 is 17.6 Å². The first-order chi connectivity index (χ1) is 11.9. The summed E-state index contributed by atoms with van der Waals surface area (Å²) in [6.07, 6.45) is 6.09. The highest BCUT2D eigenvalue weighted by atomic mass is 16.6. The van der Waals surface area contributed by atoms with Crippen molar-refractivity contribution < 1.29 is 9.53 Å². The van der Waals surface area contributed by atoms with Crippen LogP contribution in [0.3, 0.4) is 0 Å². The lowest BCUT2D eigenvalue weighted by molar-refractivity contribution is 0.0210. The van der Waals surface area contributed by atoms with E-state index in [1.54, 1.807) is 4.90 Å². The highest BCUT2D eigenvalue weighted by Gasteiger charge is 2.26. The Morgan fingerprint density at radius 2 is 1.84 bits per heavy atom. The first-order valence-electron chi connectivity index (χ1n) is 9.36. The van der Waals surface area contributed by atoms with E-state index in [4.69, 9.17) is 4.74 Å². The summed E-state index contributed by atoms with van der Waals surface area (Å²) in [5, 5.41) is 3.55. The fourth-order valence-corrected chi connectivity index (χ4v) is 3.37. The molecule has 1 aromatic rings. The van der Waals surface area contributed by atoms with Gasteiger partial charge in [0.1, 0.15) is 11.4 Å². The largest absolute Gasteiger partial charge is 0.444 e. The second-order valence-corrected chi connectivity index (χ2v) is 7.99. The highest BCUT2D eigenvalue weighted by molar-refractivity contribution is 5.68. The summed E-state index contributed by atoms with van der Waals surface area (Å²) < 4.78 is 5.44. The lowest BCUT2D eigenvalue weighted by Gasteiger charge is -2.34. The molecule has 0 unspecified atom stereocenters. The molecule has 0 radical (unpaired) electrons. The van der Waals surface area contributed by atoms with Gasteiger partial charge in [-0.3, -0.25) is 0 Å². The van der Waals surface area contributed by atoms with Crippen LogP contribution in [-0.2, 0) is 4.74 Å². The molecule has 0 aromatic carbocycles. The minimum absolute atomic E-state index is 0.206. The topological polar surface area (TPSA) is 57.7 Å². The number of aromatic nitrogens is 1. The number of likely N-dealkylation sites (tertiary alicyclic amines) is 1. The standard InChI is InChI=1S/C19H30N4O2/c1-19(2,3)25-18(24)23-12-8-15(9-13-23)21-16-6-7-17(20-14-16)22-10-4-5-11-22/h6-7,14-15,21H,4-5,8-13H2,1-3H3. The number of carbonyl (C=O) groups is 1. The molecule has 2 aliphatic heterocycles. The maximum atomic E-state index is 12.1. The monoisotopic (exact) mass is 346 g/mol. The molecule has 2 fully saturated rings. The average molecular weight is 346 g/mol. The van der Waals surface area contributed by atoms with Gasteiger partial charge in [-0.2, -0.15) is 0 Å². The number of rotatable bonds is 3. The Labute approximate surface area is 150 Å². The lowest BCUT2D eigenvalue weighted by Crippen LogP contribution is -2.44. The highest BCUT2D eigenvalue weighted by Crippen LogP contribution is 2.22. The quantitative estimate of drug-likeness (QED) is 0.908. The summed E-state index contributed by atoms with van der Waals surface area (Å²) in [6.45, 7) is 9.39. The predicted octanol–water partition coefficient (Wildman–Crippen LogP) is 3.49. The number of ether oxygens (including phenoxy) is 1. The Hall–Kier alpha value is -1.98. The van der Waals surface area contributed by atoms with Crippen molar-refractivity contribution in [3.05, 3.63) is 18.3 Å². The molecule has 3 rings (SSSR count). The Morgan fingerprint density at radius 1 is 1.16 bits per heavy atom. The Bertz CT molecular complexity index is 568. The minimum Gasteiger partial charge on any atom is -0.444 e. The third kappa shape index (κ3) is 5.00. The normalized spacial score (nSPS) is 19.2.